The molecule has 0 radical (unpaired) electrons. The molecule has 0 aliphatic rings. The number of phenolic OH excluding ortho intramolecular Hbond substituents is 1. The van der Waals surface area contributed by atoms with Crippen molar-refractivity contribution in [1.29, 1.82) is 0 Å². The van der Waals surface area contributed by atoms with Gasteiger partial charge in [-0.25, -0.2) is 0 Å². The predicted molar refractivity (Wildman–Crippen MR) is 44.6 cm³/mol. The number of alkyl halides is 3. The molecule has 0 aliphatic carbocycles. The van der Waals surface area contributed by atoms with Gasteiger partial charge in [0.05, 0.1) is 0 Å². The van der Waals surface area contributed by atoms with Crippen LogP contribution in [-0.2, 0) is 0 Å². The summed E-state index contributed by atoms with van der Waals surface area (Å²) in [6.45, 7) is 0. The van der Waals surface area contributed by atoms with Crippen molar-refractivity contribution in [2.45, 2.75) is 6.36 Å². The zero-order chi connectivity index (χ0) is 11.6. The molecule has 0 heterocycles. The molecule has 1 aromatic carbocycles. The van der Waals surface area contributed by atoms with E-state index in [0.717, 1.165) is 18.2 Å². The molecule has 3 N–H and O–H groups in total. The SMILES string of the molecule is OB(O)c1cc(O)ccc1OC(F)(F)F. The lowest BCUT2D eigenvalue weighted by molar-refractivity contribution is -0.274. The number of aromatic hydroxyl groups is 1. The lowest BCUT2D eigenvalue weighted by atomic mass is 9.79. The van der Waals surface area contributed by atoms with Gasteiger partial charge in [0.1, 0.15) is 11.5 Å². The van der Waals surface area contributed by atoms with E-state index in [2.05, 4.69) is 4.74 Å². The van der Waals surface area contributed by atoms with Gasteiger partial charge in [-0.05, 0) is 18.2 Å². The van der Waals surface area contributed by atoms with E-state index in [4.69, 9.17) is 15.2 Å². The third kappa shape index (κ3) is 3.33. The largest absolute Gasteiger partial charge is 0.573 e. The van der Waals surface area contributed by atoms with Crippen LogP contribution in [0.5, 0.6) is 11.5 Å². The summed E-state index contributed by atoms with van der Waals surface area (Å²) in [4.78, 5) is 0. The third-order valence-corrected chi connectivity index (χ3v) is 1.50. The van der Waals surface area contributed by atoms with E-state index in [-0.39, 0.29) is 0 Å². The summed E-state index contributed by atoms with van der Waals surface area (Å²) in [7, 11) is -2.16. The highest BCUT2D eigenvalue weighted by Crippen LogP contribution is 2.23. The number of rotatable bonds is 2. The molecule has 0 bridgehead atoms. The van der Waals surface area contributed by atoms with E-state index in [1.165, 1.54) is 0 Å². The molecule has 0 aromatic heterocycles. The Hall–Kier alpha value is -1.41. The molecule has 15 heavy (non-hydrogen) atoms. The summed E-state index contributed by atoms with van der Waals surface area (Å²) in [5.74, 6) is -1.16. The van der Waals surface area contributed by atoms with Crippen molar-refractivity contribution < 1.29 is 33.1 Å². The molecule has 0 spiro atoms. The molecule has 0 fully saturated rings. The lowest BCUT2D eigenvalue weighted by Crippen LogP contribution is -2.33. The van der Waals surface area contributed by atoms with Crippen LogP contribution >= 0.6 is 0 Å². The number of hydrogen-bond acceptors (Lipinski definition) is 4. The number of phenols is 1. The number of hydrogen-bond donors (Lipinski definition) is 3. The molecule has 0 aliphatic heterocycles. The van der Waals surface area contributed by atoms with Crippen LogP contribution in [0.3, 0.4) is 0 Å². The zero-order valence-electron chi connectivity index (χ0n) is 7.19. The summed E-state index contributed by atoms with van der Waals surface area (Å²) in [5.41, 5.74) is -0.563. The van der Waals surface area contributed by atoms with Crippen molar-refractivity contribution in [2.24, 2.45) is 0 Å². The number of benzene rings is 1. The van der Waals surface area contributed by atoms with Gasteiger partial charge in [-0.2, -0.15) is 0 Å². The molecular weight excluding hydrogens is 216 g/mol. The molecule has 1 rings (SSSR count). The van der Waals surface area contributed by atoms with Crippen LogP contribution in [0, 0.1) is 0 Å². The molecule has 4 nitrogen and oxygen atoms in total. The Bertz CT molecular complexity index is 353. The zero-order valence-corrected chi connectivity index (χ0v) is 7.19. The maximum Gasteiger partial charge on any atom is 0.573 e. The lowest BCUT2D eigenvalue weighted by Gasteiger charge is -2.12. The Morgan fingerprint density at radius 2 is 1.80 bits per heavy atom. The van der Waals surface area contributed by atoms with Crippen LogP contribution in [-0.4, -0.2) is 28.6 Å². The Kier molecular flexibility index (Phi) is 3.11. The van der Waals surface area contributed by atoms with Gasteiger partial charge >= 0.3 is 13.5 Å². The van der Waals surface area contributed by atoms with Gasteiger partial charge in [-0.3, -0.25) is 0 Å². The highest BCUT2D eigenvalue weighted by atomic mass is 19.4. The van der Waals surface area contributed by atoms with Crippen molar-refractivity contribution in [3.63, 3.8) is 0 Å². The fourth-order valence-electron chi connectivity index (χ4n) is 0.955. The van der Waals surface area contributed by atoms with Crippen LogP contribution in [0.2, 0.25) is 0 Å². The average Bonchev–Trinajstić information content (AvgIpc) is 2.05. The van der Waals surface area contributed by atoms with E-state index in [1.807, 2.05) is 0 Å². The molecular formula is C7H6BF3O4. The number of halogens is 3. The van der Waals surface area contributed by atoms with E-state index in [9.17, 15) is 13.2 Å². The Morgan fingerprint density at radius 3 is 2.27 bits per heavy atom. The monoisotopic (exact) mass is 222 g/mol. The Balaban J connectivity index is 3.06. The first-order valence-corrected chi connectivity index (χ1v) is 3.74. The first-order valence-electron chi connectivity index (χ1n) is 3.74. The van der Waals surface area contributed by atoms with Crippen LogP contribution in [0.15, 0.2) is 18.2 Å². The van der Waals surface area contributed by atoms with Crippen LogP contribution in [0.1, 0.15) is 0 Å². The second-order valence-electron chi connectivity index (χ2n) is 2.64. The topological polar surface area (TPSA) is 69.9 Å². The Labute approximate surface area is 82.7 Å². The van der Waals surface area contributed by atoms with Crippen LogP contribution in [0.25, 0.3) is 0 Å². The highest BCUT2D eigenvalue weighted by Gasteiger charge is 2.33. The summed E-state index contributed by atoms with van der Waals surface area (Å²) in [5, 5.41) is 26.4. The maximum absolute atomic E-state index is 11.8. The Morgan fingerprint density at radius 1 is 1.20 bits per heavy atom. The van der Waals surface area contributed by atoms with E-state index in [0.29, 0.717) is 0 Å². The van der Waals surface area contributed by atoms with Crippen LogP contribution in [0.4, 0.5) is 13.2 Å². The number of ether oxygens (including phenoxy) is 1. The summed E-state index contributed by atoms with van der Waals surface area (Å²) >= 11 is 0. The minimum absolute atomic E-state index is 0.396. The molecule has 1 aromatic rings. The first-order chi connectivity index (χ1) is 6.79. The molecule has 82 valence electrons. The molecule has 0 atom stereocenters. The normalized spacial score (nSPS) is 11.3. The standard InChI is InChI=1S/C7H6BF3O4/c9-7(10,11)15-6-2-1-4(12)3-5(6)8(13)14/h1-3,12-14H. The average molecular weight is 222 g/mol. The molecule has 0 unspecified atom stereocenters. The van der Waals surface area contributed by atoms with Crippen molar-refractivity contribution in [1.82, 2.24) is 0 Å². The van der Waals surface area contributed by atoms with E-state index in [1.54, 1.807) is 0 Å². The maximum atomic E-state index is 11.8. The van der Waals surface area contributed by atoms with Gasteiger partial charge in [-0.15, -0.1) is 13.2 Å². The van der Waals surface area contributed by atoms with E-state index >= 15 is 0 Å². The van der Waals surface area contributed by atoms with Gasteiger partial charge < -0.3 is 19.9 Å². The summed E-state index contributed by atoms with van der Waals surface area (Å²) in [6, 6.07) is 2.50. The minimum Gasteiger partial charge on any atom is -0.508 e. The fraction of sp³-hybridized carbons (Fsp3) is 0.143. The molecule has 0 saturated heterocycles. The summed E-state index contributed by atoms with van der Waals surface area (Å²) in [6.07, 6.45) is -4.93. The van der Waals surface area contributed by atoms with Gasteiger partial charge in [-0.1, -0.05) is 0 Å². The quantitative estimate of drug-likeness (QED) is 0.614. The van der Waals surface area contributed by atoms with Crippen LogP contribution < -0.4 is 10.2 Å². The predicted octanol–water partition coefficient (Wildman–Crippen LogP) is -0.0294. The van der Waals surface area contributed by atoms with Crippen molar-refractivity contribution in [2.75, 3.05) is 0 Å². The smallest absolute Gasteiger partial charge is 0.508 e. The summed E-state index contributed by atoms with van der Waals surface area (Å²) < 4.78 is 39.0. The highest BCUT2D eigenvalue weighted by molar-refractivity contribution is 6.59. The fourth-order valence-corrected chi connectivity index (χ4v) is 0.955. The van der Waals surface area contributed by atoms with Gasteiger partial charge in [0.2, 0.25) is 0 Å². The van der Waals surface area contributed by atoms with Crippen molar-refractivity contribution >= 4 is 12.6 Å². The first kappa shape index (κ1) is 11.7. The minimum atomic E-state index is -4.93. The van der Waals surface area contributed by atoms with Gasteiger partial charge in [0.15, 0.2) is 0 Å². The van der Waals surface area contributed by atoms with E-state index < -0.39 is 30.4 Å². The molecule has 0 saturated carbocycles. The van der Waals surface area contributed by atoms with Crippen molar-refractivity contribution in [3.8, 4) is 11.5 Å². The second-order valence-corrected chi connectivity index (χ2v) is 2.64. The molecule has 0 amide bonds. The molecule has 8 heteroatoms. The van der Waals surface area contributed by atoms with Crippen molar-refractivity contribution in [3.05, 3.63) is 18.2 Å². The second kappa shape index (κ2) is 3.99. The van der Waals surface area contributed by atoms with Gasteiger partial charge in [0.25, 0.3) is 0 Å². The third-order valence-electron chi connectivity index (χ3n) is 1.50. The van der Waals surface area contributed by atoms with Gasteiger partial charge in [0, 0.05) is 5.46 Å².